The predicted molar refractivity (Wildman–Crippen MR) is 75.2 cm³/mol. The molecule has 0 fully saturated rings. The maximum absolute atomic E-state index is 5.88. The number of anilines is 2. The molecular weight excluding hydrogens is 300 g/mol. The molecule has 0 spiro atoms. The van der Waals surface area contributed by atoms with Crippen LogP contribution in [0.15, 0.2) is 22.1 Å². The lowest BCUT2D eigenvalue weighted by molar-refractivity contribution is 0.856. The van der Waals surface area contributed by atoms with Crippen molar-refractivity contribution in [3.05, 3.63) is 32.8 Å². The van der Waals surface area contributed by atoms with Gasteiger partial charge in [-0.05, 0) is 35.8 Å². The molecule has 2 aromatic heterocycles. The Morgan fingerprint density at radius 2 is 2.29 bits per heavy atom. The van der Waals surface area contributed by atoms with Crippen molar-refractivity contribution >= 4 is 38.8 Å². The molecule has 0 saturated heterocycles. The van der Waals surface area contributed by atoms with Crippen LogP contribution in [-0.4, -0.2) is 9.97 Å². The molecule has 0 saturated carbocycles. The van der Waals surface area contributed by atoms with Gasteiger partial charge in [-0.1, -0.05) is 0 Å². The van der Waals surface area contributed by atoms with E-state index in [-0.39, 0.29) is 6.04 Å². The van der Waals surface area contributed by atoms with Crippen LogP contribution in [0.3, 0.4) is 0 Å². The molecular formula is C11H13BrN4S. The molecule has 90 valence electrons. The Bertz CT molecular complexity index is 526. The van der Waals surface area contributed by atoms with Gasteiger partial charge in [-0.3, -0.25) is 0 Å². The fourth-order valence-corrected chi connectivity index (χ4v) is 2.57. The molecule has 3 N–H and O–H groups in total. The third kappa shape index (κ3) is 2.95. The minimum Gasteiger partial charge on any atom is -0.396 e. The number of nitrogen functional groups attached to an aromatic ring is 1. The fraction of sp³-hybridized carbons (Fsp3) is 0.273. The van der Waals surface area contributed by atoms with Crippen LogP contribution < -0.4 is 11.1 Å². The van der Waals surface area contributed by atoms with Gasteiger partial charge in [0.25, 0.3) is 0 Å². The van der Waals surface area contributed by atoms with Gasteiger partial charge in [-0.2, -0.15) is 0 Å². The highest BCUT2D eigenvalue weighted by Crippen LogP contribution is 2.25. The van der Waals surface area contributed by atoms with Gasteiger partial charge in [0.1, 0.15) is 10.8 Å². The Kier molecular flexibility index (Phi) is 3.63. The first kappa shape index (κ1) is 12.3. The summed E-state index contributed by atoms with van der Waals surface area (Å²) in [7, 11) is 0. The summed E-state index contributed by atoms with van der Waals surface area (Å²) in [6.07, 6.45) is 1.72. The number of hydrogen-bond donors (Lipinski definition) is 2. The summed E-state index contributed by atoms with van der Waals surface area (Å²) in [5.74, 6) is 0.688. The summed E-state index contributed by atoms with van der Waals surface area (Å²) in [4.78, 5) is 8.68. The number of thiazole rings is 1. The van der Waals surface area contributed by atoms with E-state index in [1.807, 2.05) is 25.3 Å². The maximum Gasteiger partial charge on any atom is 0.149 e. The van der Waals surface area contributed by atoms with Crippen LogP contribution in [0.5, 0.6) is 0 Å². The largest absolute Gasteiger partial charge is 0.396 e. The molecule has 0 aliphatic carbocycles. The van der Waals surface area contributed by atoms with E-state index in [4.69, 9.17) is 5.73 Å². The van der Waals surface area contributed by atoms with Gasteiger partial charge in [-0.25, -0.2) is 9.97 Å². The highest BCUT2D eigenvalue weighted by molar-refractivity contribution is 9.10. The lowest BCUT2D eigenvalue weighted by atomic mass is 10.3. The molecule has 0 amide bonds. The van der Waals surface area contributed by atoms with Crippen LogP contribution in [0.2, 0.25) is 0 Å². The molecule has 1 atom stereocenters. The first-order valence-electron chi connectivity index (χ1n) is 5.16. The van der Waals surface area contributed by atoms with Crippen LogP contribution in [0.25, 0.3) is 0 Å². The second-order valence-electron chi connectivity index (χ2n) is 3.78. The summed E-state index contributed by atoms with van der Waals surface area (Å²) in [5, 5.41) is 6.33. The van der Waals surface area contributed by atoms with Crippen LogP contribution in [0.4, 0.5) is 11.5 Å². The number of aryl methyl sites for hydroxylation is 1. The number of aromatic nitrogens is 2. The van der Waals surface area contributed by atoms with E-state index in [0.717, 1.165) is 15.2 Å². The van der Waals surface area contributed by atoms with E-state index in [0.29, 0.717) is 11.5 Å². The Morgan fingerprint density at radius 1 is 1.53 bits per heavy atom. The lowest BCUT2D eigenvalue weighted by Gasteiger charge is -2.13. The molecule has 17 heavy (non-hydrogen) atoms. The Balaban J connectivity index is 2.15. The van der Waals surface area contributed by atoms with Crippen molar-refractivity contribution in [2.24, 2.45) is 0 Å². The SMILES string of the molecule is Cc1csc(C(C)Nc2ncc(Br)cc2N)n1. The van der Waals surface area contributed by atoms with E-state index in [1.54, 1.807) is 17.5 Å². The fourth-order valence-electron chi connectivity index (χ4n) is 1.41. The van der Waals surface area contributed by atoms with E-state index < -0.39 is 0 Å². The summed E-state index contributed by atoms with van der Waals surface area (Å²) in [6.45, 7) is 4.03. The third-order valence-electron chi connectivity index (χ3n) is 2.24. The molecule has 0 radical (unpaired) electrons. The summed E-state index contributed by atoms with van der Waals surface area (Å²) >= 11 is 4.96. The zero-order chi connectivity index (χ0) is 12.4. The third-order valence-corrected chi connectivity index (χ3v) is 3.82. The van der Waals surface area contributed by atoms with Gasteiger partial charge in [0, 0.05) is 21.7 Å². The van der Waals surface area contributed by atoms with Crippen molar-refractivity contribution in [1.29, 1.82) is 0 Å². The number of pyridine rings is 1. The average molecular weight is 313 g/mol. The van der Waals surface area contributed by atoms with E-state index in [1.165, 1.54) is 0 Å². The van der Waals surface area contributed by atoms with Crippen molar-refractivity contribution in [2.45, 2.75) is 19.9 Å². The Labute approximate surface area is 112 Å². The summed E-state index contributed by atoms with van der Waals surface area (Å²) in [5.41, 5.74) is 7.54. The normalized spacial score (nSPS) is 12.4. The molecule has 0 aliphatic rings. The van der Waals surface area contributed by atoms with Crippen molar-refractivity contribution in [2.75, 3.05) is 11.1 Å². The molecule has 1 unspecified atom stereocenters. The quantitative estimate of drug-likeness (QED) is 0.912. The van der Waals surface area contributed by atoms with Crippen molar-refractivity contribution in [3.8, 4) is 0 Å². The van der Waals surface area contributed by atoms with Crippen molar-refractivity contribution in [3.63, 3.8) is 0 Å². The number of nitrogens with two attached hydrogens (primary N) is 1. The number of nitrogens with zero attached hydrogens (tertiary/aromatic N) is 2. The van der Waals surface area contributed by atoms with Gasteiger partial charge < -0.3 is 11.1 Å². The number of nitrogens with one attached hydrogen (secondary N) is 1. The minimum absolute atomic E-state index is 0.102. The number of rotatable bonds is 3. The van der Waals surface area contributed by atoms with Crippen LogP contribution >= 0.6 is 27.3 Å². The van der Waals surface area contributed by atoms with Crippen LogP contribution in [0.1, 0.15) is 23.7 Å². The lowest BCUT2D eigenvalue weighted by Crippen LogP contribution is -2.09. The summed E-state index contributed by atoms with van der Waals surface area (Å²) < 4.78 is 0.873. The average Bonchev–Trinajstić information content (AvgIpc) is 2.69. The number of halogens is 1. The van der Waals surface area contributed by atoms with Crippen molar-refractivity contribution < 1.29 is 0 Å². The number of hydrogen-bond acceptors (Lipinski definition) is 5. The standard InChI is InChI=1S/C11H13BrN4S/c1-6-5-17-11(15-6)7(2)16-10-9(13)3-8(12)4-14-10/h3-5,7H,13H2,1-2H3,(H,14,16). The first-order chi connectivity index (χ1) is 8.06. The van der Waals surface area contributed by atoms with Gasteiger partial charge >= 0.3 is 0 Å². The highest BCUT2D eigenvalue weighted by atomic mass is 79.9. The second-order valence-corrected chi connectivity index (χ2v) is 5.59. The van der Waals surface area contributed by atoms with Gasteiger partial charge in [0.05, 0.1) is 11.7 Å². The Hall–Kier alpha value is -1.14. The molecule has 2 heterocycles. The second kappa shape index (κ2) is 5.01. The maximum atomic E-state index is 5.88. The molecule has 0 bridgehead atoms. The Morgan fingerprint density at radius 3 is 2.88 bits per heavy atom. The van der Waals surface area contributed by atoms with E-state index in [2.05, 4.69) is 31.2 Å². The van der Waals surface area contributed by atoms with Crippen LogP contribution in [-0.2, 0) is 0 Å². The predicted octanol–water partition coefficient (Wildman–Crippen LogP) is 3.36. The first-order valence-corrected chi connectivity index (χ1v) is 6.83. The van der Waals surface area contributed by atoms with E-state index in [9.17, 15) is 0 Å². The highest BCUT2D eigenvalue weighted by Gasteiger charge is 2.11. The molecule has 0 aliphatic heterocycles. The van der Waals surface area contributed by atoms with Gasteiger partial charge in [0.2, 0.25) is 0 Å². The smallest absolute Gasteiger partial charge is 0.149 e. The van der Waals surface area contributed by atoms with Gasteiger partial charge in [0.15, 0.2) is 0 Å². The van der Waals surface area contributed by atoms with E-state index >= 15 is 0 Å². The molecule has 2 rings (SSSR count). The monoisotopic (exact) mass is 312 g/mol. The zero-order valence-electron chi connectivity index (χ0n) is 9.57. The molecule has 4 nitrogen and oxygen atoms in total. The molecule has 2 aromatic rings. The topological polar surface area (TPSA) is 63.8 Å². The minimum atomic E-state index is 0.102. The van der Waals surface area contributed by atoms with Gasteiger partial charge in [-0.15, -0.1) is 11.3 Å². The summed E-state index contributed by atoms with van der Waals surface area (Å²) in [6, 6.07) is 1.93. The molecule has 0 aromatic carbocycles. The zero-order valence-corrected chi connectivity index (χ0v) is 12.0. The van der Waals surface area contributed by atoms with Crippen LogP contribution in [0, 0.1) is 6.92 Å². The van der Waals surface area contributed by atoms with Crippen molar-refractivity contribution in [1.82, 2.24) is 9.97 Å². The molecule has 6 heteroatoms.